The van der Waals surface area contributed by atoms with Crippen molar-refractivity contribution in [2.75, 3.05) is 6.56 Å². The van der Waals surface area contributed by atoms with E-state index in [0.717, 1.165) is 20.9 Å². The fourth-order valence-electron chi connectivity index (χ4n) is 1.38. The molecule has 2 nitrogen and oxygen atoms in total. The highest BCUT2D eigenvalue weighted by Gasteiger charge is 2.02. The number of benzene rings is 1. The summed E-state index contributed by atoms with van der Waals surface area (Å²) in [6.07, 6.45) is 1.72. The molecule has 0 amide bonds. The molecule has 1 heterocycles. The van der Waals surface area contributed by atoms with Gasteiger partial charge < -0.3 is 10.1 Å². The highest BCUT2D eigenvalue weighted by molar-refractivity contribution is 9.10. The molecule has 0 fully saturated rings. The Kier molecular flexibility index (Phi) is 1.79. The third-order valence-corrected chi connectivity index (χ3v) is 2.49. The molecule has 0 aliphatic heterocycles. The van der Waals surface area contributed by atoms with Crippen LogP contribution in [0.3, 0.4) is 0 Å². The molecule has 0 saturated carbocycles. The lowest BCUT2D eigenvalue weighted by molar-refractivity contribution is 0.300. The quantitative estimate of drug-likeness (QED) is 0.833. The van der Waals surface area contributed by atoms with Gasteiger partial charge in [0.1, 0.15) is 0 Å². The Morgan fingerprint density at radius 1 is 1.54 bits per heavy atom. The van der Waals surface area contributed by atoms with E-state index in [1.807, 2.05) is 18.2 Å². The van der Waals surface area contributed by atoms with E-state index in [9.17, 15) is 0 Å². The largest absolute Gasteiger partial charge is 0.396 e. The van der Waals surface area contributed by atoms with Crippen molar-refractivity contribution in [1.29, 1.82) is 0 Å². The number of nitrogens with one attached hydrogen (secondary N) is 1. The molecule has 0 atom stereocenters. The van der Waals surface area contributed by atoms with E-state index in [0.29, 0.717) is 0 Å². The molecule has 1 aromatic heterocycles. The van der Waals surface area contributed by atoms with E-state index >= 15 is 0 Å². The lowest BCUT2D eigenvalue weighted by Crippen LogP contribution is -1.87. The number of fused-ring (bicyclic) bond motifs is 1. The zero-order valence-corrected chi connectivity index (χ0v) is 8.43. The van der Waals surface area contributed by atoms with Gasteiger partial charge in [-0.05, 0) is 30.2 Å². The Morgan fingerprint density at radius 2 is 2.38 bits per heavy atom. The number of halogens is 1. The number of aryl methyl sites for hydroxylation is 1. The maximum absolute atomic E-state index is 9.13. The fourth-order valence-corrected chi connectivity index (χ4v) is 1.74. The molecule has 1 aromatic carbocycles. The third kappa shape index (κ3) is 1.62. The average molecular weight is 242 g/mol. The second-order valence-electron chi connectivity index (χ2n) is 2.84. The minimum atomic E-state index is -2.17. The topological polar surface area (TPSA) is 36.0 Å². The second kappa shape index (κ2) is 3.52. The van der Waals surface area contributed by atoms with Crippen molar-refractivity contribution in [3.05, 3.63) is 34.4 Å². The number of aromatic nitrogens is 1. The summed E-state index contributed by atoms with van der Waals surface area (Å²) in [4.78, 5) is 3.04. The molecule has 2 rings (SSSR count). The normalized spacial score (nSPS) is 14.3. The summed E-state index contributed by atoms with van der Waals surface area (Å²) in [5, 5.41) is 10.1. The first-order valence-corrected chi connectivity index (χ1v) is 4.73. The van der Waals surface area contributed by atoms with Gasteiger partial charge in [-0.25, -0.2) is 0 Å². The Morgan fingerprint density at radius 3 is 3.15 bits per heavy atom. The van der Waals surface area contributed by atoms with E-state index < -0.39 is 6.56 Å². The van der Waals surface area contributed by atoms with Gasteiger partial charge in [-0.1, -0.05) is 15.9 Å². The van der Waals surface area contributed by atoms with Crippen molar-refractivity contribution in [2.24, 2.45) is 0 Å². The lowest BCUT2D eigenvalue weighted by atomic mass is 10.1. The molecule has 0 aliphatic rings. The first kappa shape index (κ1) is 6.62. The molecule has 68 valence electrons. The van der Waals surface area contributed by atoms with Gasteiger partial charge in [0, 0.05) is 28.1 Å². The molecule has 0 spiro atoms. The maximum Gasteiger partial charge on any atom is 0.0567 e. The van der Waals surface area contributed by atoms with Crippen LogP contribution in [0.2, 0.25) is 0 Å². The van der Waals surface area contributed by atoms with Crippen molar-refractivity contribution in [3.63, 3.8) is 0 Å². The second-order valence-corrected chi connectivity index (χ2v) is 3.75. The number of H-pyrrole nitrogens is 1. The Hall–Kier alpha value is -0.800. The summed E-state index contributed by atoms with van der Waals surface area (Å²) in [7, 11) is 0. The van der Waals surface area contributed by atoms with Gasteiger partial charge in [-0.15, -0.1) is 0 Å². The summed E-state index contributed by atoms with van der Waals surface area (Å²) in [5.41, 5.74) is 1.72. The molecule has 0 unspecified atom stereocenters. The van der Waals surface area contributed by atoms with E-state index in [-0.39, 0.29) is 6.42 Å². The molecule has 2 aromatic rings. The number of rotatable bonds is 2. The smallest absolute Gasteiger partial charge is 0.0567 e. The van der Waals surface area contributed by atoms with Crippen LogP contribution in [-0.4, -0.2) is 16.6 Å². The van der Waals surface area contributed by atoms with Crippen LogP contribution in [0.5, 0.6) is 0 Å². The van der Waals surface area contributed by atoms with Gasteiger partial charge in [0.25, 0.3) is 0 Å². The molecule has 2 N–H and O–H groups in total. The van der Waals surface area contributed by atoms with Gasteiger partial charge in [0.2, 0.25) is 0 Å². The third-order valence-electron chi connectivity index (χ3n) is 2.00. The molecule has 13 heavy (non-hydrogen) atoms. The van der Waals surface area contributed by atoms with Crippen LogP contribution in [0.1, 0.15) is 8.30 Å². The van der Waals surface area contributed by atoms with Gasteiger partial charge in [0.05, 0.1) is 2.74 Å². The monoisotopic (exact) mass is 241 g/mol. The number of aliphatic hydroxyl groups is 1. The van der Waals surface area contributed by atoms with Crippen molar-refractivity contribution in [3.8, 4) is 0 Å². The summed E-state index contributed by atoms with van der Waals surface area (Å²) >= 11 is 3.36. The van der Waals surface area contributed by atoms with E-state index in [2.05, 4.69) is 20.9 Å². The molecule has 0 aliphatic carbocycles. The predicted octanol–water partition coefficient (Wildman–Crippen LogP) is 2.47. The minimum Gasteiger partial charge on any atom is -0.396 e. The minimum absolute atomic E-state index is 0.0105. The Labute approximate surface area is 87.5 Å². The van der Waals surface area contributed by atoms with E-state index in [4.69, 9.17) is 7.85 Å². The van der Waals surface area contributed by atoms with Gasteiger partial charge in [-0.2, -0.15) is 0 Å². The van der Waals surface area contributed by atoms with Crippen LogP contribution in [0.4, 0.5) is 0 Å². The molecule has 0 saturated heterocycles. The van der Waals surface area contributed by atoms with Crippen molar-refractivity contribution < 1.29 is 7.85 Å². The summed E-state index contributed by atoms with van der Waals surface area (Å²) < 4.78 is 15.2. The number of hydrogen-bond donors (Lipinski definition) is 2. The fraction of sp³-hybridized carbons (Fsp3) is 0.200. The van der Waals surface area contributed by atoms with Crippen molar-refractivity contribution in [2.45, 2.75) is 6.42 Å². The Bertz CT molecular complexity index is 490. The predicted molar refractivity (Wildman–Crippen MR) is 56.8 cm³/mol. The zero-order chi connectivity index (χ0) is 11.1. The van der Waals surface area contributed by atoms with Crippen molar-refractivity contribution >= 4 is 26.8 Å². The number of hydrogen-bond acceptors (Lipinski definition) is 1. The Balaban J connectivity index is 2.48. The average Bonchev–Trinajstić information content (AvgIpc) is 2.46. The summed E-state index contributed by atoms with van der Waals surface area (Å²) in [6, 6.07) is 5.74. The molecular weight excluding hydrogens is 230 g/mol. The van der Waals surface area contributed by atoms with Crippen LogP contribution >= 0.6 is 15.9 Å². The van der Waals surface area contributed by atoms with E-state index in [1.165, 1.54) is 0 Å². The van der Waals surface area contributed by atoms with Crippen LogP contribution in [0.15, 0.2) is 28.9 Å². The molecule has 3 heteroatoms. The lowest BCUT2D eigenvalue weighted by Gasteiger charge is -1.95. The standard InChI is InChI=1S/C10H10BrNO/c11-8-1-2-10-9(5-8)7(3-4-13)6-12-10/h1-2,5-6,12-13H,3-4H2/i4D2. The van der Waals surface area contributed by atoms with Gasteiger partial charge >= 0.3 is 0 Å². The van der Waals surface area contributed by atoms with Crippen LogP contribution in [0.25, 0.3) is 10.9 Å². The van der Waals surface area contributed by atoms with Crippen LogP contribution < -0.4 is 0 Å². The molecule has 0 bridgehead atoms. The SMILES string of the molecule is [2H]C([2H])(O)Cc1c[nH]c2ccc(Br)cc12. The van der Waals surface area contributed by atoms with Gasteiger partial charge in [-0.3, -0.25) is 0 Å². The summed E-state index contributed by atoms with van der Waals surface area (Å²) in [6.45, 7) is -2.17. The van der Waals surface area contributed by atoms with Gasteiger partial charge in [0.15, 0.2) is 0 Å². The van der Waals surface area contributed by atoms with Crippen LogP contribution in [0, 0.1) is 0 Å². The maximum atomic E-state index is 9.13. The highest BCUT2D eigenvalue weighted by atomic mass is 79.9. The first-order chi connectivity index (χ1) is 6.96. The molecular formula is C10H10BrNO. The van der Waals surface area contributed by atoms with E-state index in [1.54, 1.807) is 6.20 Å². The summed E-state index contributed by atoms with van der Waals surface area (Å²) in [5.74, 6) is 0. The number of aromatic amines is 1. The zero-order valence-electron chi connectivity index (χ0n) is 8.84. The van der Waals surface area contributed by atoms with Crippen molar-refractivity contribution in [1.82, 2.24) is 4.98 Å². The highest BCUT2D eigenvalue weighted by Crippen LogP contribution is 2.22. The first-order valence-electron chi connectivity index (χ1n) is 4.94. The van der Waals surface area contributed by atoms with Crippen LogP contribution in [-0.2, 0) is 6.42 Å². The molecule has 0 radical (unpaired) electrons.